The van der Waals surface area contributed by atoms with Gasteiger partial charge in [-0.25, -0.2) is 9.67 Å². The van der Waals surface area contributed by atoms with Gasteiger partial charge in [0.15, 0.2) is 12.1 Å². The summed E-state index contributed by atoms with van der Waals surface area (Å²) in [4.78, 5) is 25.7. The van der Waals surface area contributed by atoms with Crippen molar-refractivity contribution in [1.29, 1.82) is 0 Å². The Labute approximate surface area is 209 Å². The molecule has 0 bridgehead atoms. The lowest BCUT2D eigenvalue weighted by Crippen LogP contribution is -2.31. The van der Waals surface area contributed by atoms with Crippen LogP contribution in [0.5, 0.6) is 0 Å². The van der Waals surface area contributed by atoms with Crippen LogP contribution in [-0.4, -0.2) is 65.7 Å². The summed E-state index contributed by atoms with van der Waals surface area (Å²) in [5.74, 6) is 0.736. The highest BCUT2D eigenvalue weighted by Gasteiger charge is 2.33. The van der Waals surface area contributed by atoms with Gasteiger partial charge in [-0.15, -0.1) is 0 Å². The summed E-state index contributed by atoms with van der Waals surface area (Å²) in [7, 11) is 0. The van der Waals surface area contributed by atoms with E-state index in [-0.39, 0.29) is 18.1 Å². The summed E-state index contributed by atoms with van der Waals surface area (Å²) in [5, 5.41) is 19.7. The third-order valence-electron chi connectivity index (χ3n) is 5.94. The largest absolute Gasteiger partial charge is 0.406 e. The average Bonchev–Trinajstić information content (AvgIpc) is 3.47. The smallest absolute Gasteiger partial charge is 0.386 e. The summed E-state index contributed by atoms with van der Waals surface area (Å²) in [6.45, 7) is 3.46. The summed E-state index contributed by atoms with van der Waals surface area (Å²) < 4.78 is 41.4. The van der Waals surface area contributed by atoms with Gasteiger partial charge in [0.2, 0.25) is 5.95 Å². The second kappa shape index (κ2) is 9.25. The molecule has 3 aromatic heterocycles. The summed E-state index contributed by atoms with van der Waals surface area (Å²) in [5.41, 5.74) is 1.74. The van der Waals surface area contributed by atoms with E-state index in [1.807, 2.05) is 13.1 Å². The molecule has 0 radical (unpaired) electrons. The number of aldehydes is 1. The first-order chi connectivity index (χ1) is 17.5. The van der Waals surface area contributed by atoms with E-state index in [0.717, 1.165) is 15.8 Å². The molecule has 1 unspecified atom stereocenters. The van der Waals surface area contributed by atoms with E-state index in [0.29, 0.717) is 41.8 Å². The number of hydroxylamine groups is 2. The highest BCUT2D eigenvalue weighted by Crippen LogP contribution is 2.28. The van der Waals surface area contributed by atoms with Crippen molar-refractivity contribution in [1.82, 2.24) is 29.4 Å². The maximum Gasteiger partial charge on any atom is 0.406 e. The highest BCUT2D eigenvalue weighted by atomic mass is 19.4. The molecule has 0 amide bonds. The van der Waals surface area contributed by atoms with Crippen molar-refractivity contribution < 1.29 is 27.9 Å². The Bertz CT molecular complexity index is 1460. The molecule has 13 heteroatoms. The topological polar surface area (TPSA) is 110 Å². The number of aliphatic hydroxyl groups is 1. The zero-order valence-corrected chi connectivity index (χ0v) is 20.0. The molecule has 0 saturated carbocycles. The number of aryl methyl sites for hydroxylation is 1. The van der Waals surface area contributed by atoms with Crippen LogP contribution >= 0.6 is 0 Å². The second-order valence-corrected chi connectivity index (χ2v) is 9.29. The van der Waals surface area contributed by atoms with Crippen molar-refractivity contribution in [2.24, 2.45) is 0 Å². The first-order valence-corrected chi connectivity index (χ1v) is 11.4. The van der Waals surface area contributed by atoms with Crippen LogP contribution in [0.25, 0.3) is 16.7 Å². The molecular formula is C24H24F3N7O3. The quantitative estimate of drug-likeness (QED) is 0.360. The molecule has 1 saturated heterocycles. The van der Waals surface area contributed by atoms with Gasteiger partial charge in [0.25, 0.3) is 0 Å². The van der Waals surface area contributed by atoms with Crippen molar-refractivity contribution >= 4 is 28.8 Å². The van der Waals surface area contributed by atoms with Crippen molar-refractivity contribution in [3.8, 4) is 5.82 Å². The number of anilines is 2. The van der Waals surface area contributed by atoms with E-state index in [1.54, 1.807) is 41.1 Å². The van der Waals surface area contributed by atoms with Crippen LogP contribution in [0, 0.1) is 6.92 Å². The fourth-order valence-corrected chi connectivity index (χ4v) is 4.25. The first-order valence-electron chi connectivity index (χ1n) is 11.4. The normalized spacial score (nSPS) is 18.5. The van der Waals surface area contributed by atoms with Crippen LogP contribution < -0.4 is 5.32 Å². The van der Waals surface area contributed by atoms with E-state index in [2.05, 4.69) is 20.4 Å². The van der Waals surface area contributed by atoms with E-state index >= 15 is 0 Å². The van der Waals surface area contributed by atoms with Gasteiger partial charge in [0.05, 0.1) is 25.4 Å². The Balaban J connectivity index is 1.36. The molecule has 1 fully saturated rings. The minimum Gasteiger partial charge on any atom is -0.386 e. The van der Waals surface area contributed by atoms with Crippen LogP contribution in [0.3, 0.4) is 0 Å². The van der Waals surface area contributed by atoms with Crippen LogP contribution in [0.1, 0.15) is 28.5 Å². The lowest BCUT2D eigenvalue weighted by atomic mass is 10.1. The summed E-state index contributed by atoms with van der Waals surface area (Å²) >= 11 is 0. The molecule has 5 rings (SSSR count). The number of rotatable bonds is 7. The number of aromatic nitrogens is 5. The van der Waals surface area contributed by atoms with Gasteiger partial charge in [-0.1, -0.05) is 0 Å². The Morgan fingerprint density at radius 2 is 2.08 bits per heavy atom. The minimum atomic E-state index is -4.41. The number of carbonyl (C=O) groups excluding carboxylic acids is 1. The molecule has 1 aromatic carbocycles. The van der Waals surface area contributed by atoms with E-state index < -0.39 is 18.3 Å². The van der Waals surface area contributed by atoms with E-state index in [4.69, 9.17) is 4.84 Å². The van der Waals surface area contributed by atoms with Gasteiger partial charge < -0.3 is 15.0 Å². The third-order valence-corrected chi connectivity index (χ3v) is 5.94. The average molecular weight is 515 g/mol. The third kappa shape index (κ3) is 5.48. The number of alkyl halides is 3. The molecule has 37 heavy (non-hydrogen) atoms. The predicted octanol–water partition coefficient (Wildman–Crippen LogP) is 3.54. The van der Waals surface area contributed by atoms with Crippen LogP contribution in [0.15, 0.2) is 42.9 Å². The lowest BCUT2D eigenvalue weighted by Gasteiger charge is -2.15. The fourth-order valence-electron chi connectivity index (χ4n) is 4.25. The number of benzene rings is 1. The predicted molar refractivity (Wildman–Crippen MR) is 128 cm³/mol. The SMILES string of the molecule is Cc1nn(-c2ccnc(Nc3ccc4c(c3)c(C=O)cn4CC(F)(F)F)n2)cc1CN1CC(C)(O)CO1. The van der Waals surface area contributed by atoms with Gasteiger partial charge in [0.1, 0.15) is 12.1 Å². The van der Waals surface area contributed by atoms with Crippen molar-refractivity contribution in [2.75, 3.05) is 18.5 Å². The van der Waals surface area contributed by atoms with Gasteiger partial charge in [0, 0.05) is 52.4 Å². The van der Waals surface area contributed by atoms with Gasteiger partial charge in [-0.2, -0.15) is 28.3 Å². The summed E-state index contributed by atoms with van der Waals surface area (Å²) in [6.07, 6.45) is 0.684. The number of hydrogen-bond acceptors (Lipinski definition) is 8. The number of β-amino-alcohol motifs (C(OH)–C–C–N with tert-alkyl or cyclic N) is 1. The number of hydrogen-bond donors (Lipinski definition) is 2. The second-order valence-electron chi connectivity index (χ2n) is 9.29. The van der Waals surface area contributed by atoms with Gasteiger partial charge in [-0.3, -0.25) is 9.63 Å². The first kappa shape index (κ1) is 24.9. The number of nitrogens with zero attached hydrogens (tertiary/aromatic N) is 6. The molecule has 1 atom stereocenters. The summed E-state index contributed by atoms with van der Waals surface area (Å²) in [6, 6.07) is 6.38. The van der Waals surface area contributed by atoms with Gasteiger partial charge in [-0.05, 0) is 32.0 Å². The molecule has 10 nitrogen and oxygen atoms in total. The van der Waals surface area contributed by atoms with Gasteiger partial charge >= 0.3 is 6.18 Å². The fraction of sp³-hybridized carbons (Fsp3) is 0.333. The molecule has 2 N–H and O–H groups in total. The number of carbonyl (C=O) groups is 1. The Kier molecular flexibility index (Phi) is 6.22. The Hall–Kier alpha value is -3.81. The molecular weight excluding hydrogens is 491 g/mol. The Morgan fingerprint density at radius 1 is 1.27 bits per heavy atom. The zero-order chi connectivity index (χ0) is 26.4. The molecule has 1 aliphatic rings. The number of nitrogens with one attached hydrogen (secondary N) is 1. The van der Waals surface area contributed by atoms with Crippen LogP contribution in [0.2, 0.25) is 0 Å². The van der Waals surface area contributed by atoms with E-state index in [9.17, 15) is 23.1 Å². The standard InChI is InChI=1S/C24H24F3N7O3/c1-15-16(9-33-12-23(2,36)14-37-33)10-34(31-15)21-5-6-28-22(30-21)29-18-3-4-20-19(7-18)17(11-35)8-32(20)13-24(25,26)27/h3-8,10-11,36H,9,12-14H2,1-2H3,(H,28,29,30). The molecule has 4 heterocycles. The number of fused-ring (bicyclic) bond motifs is 1. The van der Waals surface area contributed by atoms with Crippen LogP contribution in [0.4, 0.5) is 24.8 Å². The number of halogens is 3. The van der Waals surface area contributed by atoms with Crippen molar-refractivity contribution in [3.63, 3.8) is 0 Å². The van der Waals surface area contributed by atoms with Crippen molar-refractivity contribution in [3.05, 3.63) is 59.7 Å². The monoisotopic (exact) mass is 515 g/mol. The van der Waals surface area contributed by atoms with E-state index in [1.165, 1.54) is 12.3 Å². The van der Waals surface area contributed by atoms with Crippen LogP contribution in [-0.2, 0) is 17.9 Å². The van der Waals surface area contributed by atoms with Crippen molar-refractivity contribution in [2.45, 2.75) is 38.7 Å². The highest BCUT2D eigenvalue weighted by molar-refractivity contribution is 5.99. The minimum absolute atomic E-state index is 0.153. The maximum atomic E-state index is 12.9. The zero-order valence-electron chi connectivity index (χ0n) is 20.0. The Morgan fingerprint density at radius 3 is 2.78 bits per heavy atom. The molecule has 0 spiro atoms. The molecule has 194 valence electrons. The maximum absolute atomic E-state index is 12.9. The molecule has 1 aliphatic heterocycles. The molecule has 0 aliphatic carbocycles. The lowest BCUT2D eigenvalue weighted by molar-refractivity contribution is -0.139. The molecule has 4 aromatic rings.